The predicted molar refractivity (Wildman–Crippen MR) is 190 cm³/mol. The van der Waals surface area contributed by atoms with E-state index in [0.29, 0.717) is 12.1 Å². The van der Waals surface area contributed by atoms with Crippen molar-refractivity contribution in [2.24, 2.45) is 4.99 Å². The van der Waals surface area contributed by atoms with Crippen molar-refractivity contribution in [2.75, 3.05) is 7.11 Å². The zero-order valence-corrected chi connectivity index (χ0v) is 30.9. The maximum absolute atomic E-state index is 13.7. The Labute approximate surface area is 312 Å². The van der Waals surface area contributed by atoms with Crippen LogP contribution in [0.2, 0.25) is 0 Å². The van der Waals surface area contributed by atoms with E-state index in [9.17, 15) is 24.0 Å². The number of aliphatic imine (C=N–C) groups is 1. The van der Waals surface area contributed by atoms with Crippen LogP contribution in [0, 0.1) is 0 Å². The number of ether oxygens (including phenoxy) is 5. The van der Waals surface area contributed by atoms with E-state index in [-0.39, 0.29) is 11.7 Å². The van der Waals surface area contributed by atoms with Crippen LogP contribution in [0.15, 0.2) is 53.5 Å². The average Bonchev–Trinajstić information content (AvgIpc) is 3.89. The molecule has 3 aromatic rings. The van der Waals surface area contributed by atoms with Gasteiger partial charge in [-0.15, -0.1) is 15.0 Å². The normalized spacial score (nSPS) is 23.2. The molecule has 1 amide bonds. The molecule has 1 saturated carbocycles. The first-order valence-corrected chi connectivity index (χ1v) is 18.1. The number of methoxy groups -OCH3 is 1. The third-order valence-corrected chi connectivity index (χ3v) is 9.76. The van der Waals surface area contributed by atoms with Crippen LogP contribution in [0.3, 0.4) is 0 Å². The van der Waals surface area contributed by atoms with Crippen molar-refractivity contribution in [2.45, 2.75) is 115 Å². The summed E-state index contributed by atoms with van der Waals surface area (Å²) in [6, 6.07) is 15.3. The van der Waals surface area contributed by atoms with Gasteiger partial charge in [0.05, 0.1) is 13.7 Å². The summed E-state index contributed by atoms with van der Waals surface area (Å²) in [6.45, 7) is 5.91. The van der Waals surface area contributed by atoms with E-state index in [0.717, 1.165) is 100 Å². The van der Waals surface area contributed by atoms with Gasteiger partial charge in [0.1, 0.15) is 11.4 Å². The summed E-state index contributed by atoms with van der Waals surface area (Å²) >= 11 is 0. The molecule has 2 aliphatic heterocycles. The van der Waals surface area contributed by atoms with E-state index in [2.05, 4.69) is 22.3 Å². The monoisotopic (exact) mass is 744 g/mol. The van der Waals surface area contributed by atoms with Crippen LogP contribution >= 0.6 is 0 Å². The molecular weight excluding hydrogens is 700 g/mol. The van der Waals surface area contributed by atoms with E-state index in [1.54, 1.807) is 0 Å². The molecule has 0 N–H and O–H groups in total. The summed E-state index contributed by atoms with van der Waals surface area (Å²) in [6.07, 6.45) is -1.20. The second-order valence-electron chi connectivity index (χ2n) is 13.6. The lowest BCUT2D eigenvalue weighted by Crippen LogP contribution is -2.61. The molecule has 3 aliphatic rings. The number of nitrogens with zero attached hydrogens (tertiary/aromatic N) is 6. The van der Waals surface area contributed by atoms with Crippen LogP contribution in [-0.4, -0.2) is 97.8 Å². The molecule has 6 rings (SSSR count). The number of rotatable bonds is 12. The van der Waals surface area contributed by atoms with Gasteiger partial charge in [0.15, 0.2) is 24.4 Å². The number of amidine groups is 1. The molecule has 5 atom stereocenters. The van der Waals surface area contributed by atoms with Gasteiger partial charge in [-0.05, 0) is 41.2 Å². The first kappa shape index (κ1) is 38.2. The highest BCUT2D eigenvalue weighted by atomic mass is 16.7. The molecule has 16 nitrogen and oxygen atoms in total. The van der Waals surface area contributed by atoms with Gasteiger partial charge in [-0.1, -0.05) is 74.7 Å². The minimum Gasteiger partial charge on any atom is -0.467 e. The molecule has 0 bridgehead atoms. The fraction of sp³-hybridized carbons (Fsp3) is 0.500. The van der Waals surface area contributed by atoms with Crippen molar-refractivity contribution in [1.29, 1.82) is 0 Å². The lowest BCUT2D eigenvalue weighted by Gasteiger charge is -2.42. The molecule has 0 unspecified atom stereocenters. The Morgan fingerprint density at radius 2 is 1.50 bits per heavy atom. The van der Waals surface area contributed by atoms with Crippen LogP contribution in [0.5, 0.6) is 0 Å². The summed E-state index contributed by atoms with van der Waals surface area (Å²) in [5, 5.41) is 13.0. The van der Waals surface area contributed by atoms with Crippen molar-refractivity contribution in [1.82, 2.24) is 25.1 Å². The van der Waals surface area contributed by atoms with Crippen LogP contribution in [0.4, 0.5) is 0 Å². The Kier molecular flexibility index (Phi) is 11.5. The van der Waals surface area contributed by atoms with E-state index in [4.69, 9.17) is 28.7 Å². The van der Waals surface area contributed by atoms with E-state index >= 15 is 0 Å². The highest BCUT2D eigenvalue weighted by Crippen LogP contribution is 2.40. The molecule has 16 heteroatoms. The smallest absolute Gasteiger partial charge is 0.339 e. The number of benzene rings is 2. The Morgan fingerprint density at radius 1 is 0.870 bits per heavy atom. The zero-order chi connectivity index (χ0) is 38.6. The molecule has 286 valence electrons. The second kappa shape index (κ2) is 16.2. The lowest BCUT2D eigenvalue weighted by molar-refractivity contribution is -0.267. The average molecular weight is 745 g/mol. The van der Waals surface area contributed by atoms with Crippen molar-refractivity contribution in [3.05, 3.63) is 54.1 Å². The Morgan fingerprint density at radius 3 is 2.13 bits per heavy atom. The number of unbranched alkanes of at least 4 members (excludes halogenated alkanes) is 1. The van der Waals surface area contributed by atoms with Crippen LogP contribution < -0.4 is 0 Å². The summed E-state index contributed by atoms with van der Waals surface area (Å²) < 4.78 is 27.2. The number of carbonyl (C=O) groups excluding carboxylic acids is 5. The lowest BCUT2D eigenvalue weighted by atomic mass is 9.97. The maximum Gasteiger partial charge on any atom is 0.339 e. The molecule has 2 fully saturated rings. The summed E-state index contributed by atoms with van der Waals surface area (Å²) in [7, 11) is 1.11. The number of hydrogen-bond acceptors (Lipinski definition) is 14. The Bertz CT molecular complexity index is 1920. The van der Waals surface area contributed by atoms with Crippen molar-refractivity contribution < 1.29 is 47.7 Å². The van der Waals surface area contributed by atoms with Crippen molar-refractivity contribution in [3.63, 3.8) is 0 Å². The third kappa shape index (κ3) is 7.88. The standard InChI is InChI=1S/C38H44N6O10/c1-6-7-14-29-39-38(19-10-11-20-38)37(49)43(29)21-25-15-17-26(18-16-25)27-12-8-9-13-28(27)34-40-42-44(41-34)35-32(53-24(4)47)30(51-22(2)45)31(52-23(3)46)33(54-35)36(48)50-5/h8-9,12-13,15-18,30-33,35H,6-7,10-11,14,19-21H2,1-5H3/t30-,31-,32-,33-,35+/m1/s1. The minimum absolute atomic E-state index is 0.103. The van der Waals surface area contributed by atoms with Gasteiger partial charge >= 0.3 is 23.9 Å². The molecule has 1 aromatic heterocycles. The summed E-state index contributed by atoms with van der Waals surface area (Å²) in [4.78, 5) is 71.0. The topological polar surface area (TPSA) is 191 Å². The Balaban J connectivity index is 1.28. The Hall–Kier alpha value is -5.51. The van der Waals surface area contributed by atoms with E-state index in [1.807, 2.05) is 53.4 Å². The summed E-state index contributed by atoms with van der Waals surface area (Å²) in [5.41, 5.74) is 2.59. The predicted octanol–water partition coefficient (Wildman–Crippen LogP) is 4.12. The van der Waals surface area contributed by atoms with E-state index < -0.39 is 60.1 Å². The SMILES string of the molecule is CCCCC1=NC2(CCCC2)C(=O)N1Cc1ccc(-c2ccccc2-c2nnn([C@H]3O[C@@H](C(=O)OC)[C@H](OC(C)=O)[C@@H](OC(C)=O)[C@H]3OC(C)=O)n2)cc1. The number of esters is 4. The maximum atomic E-state index is 13.7. The number of hydrogen-bond donors (Lipinski definition) is 0. The van der Waals surface area contributed by atoms with Gasteiger partial charge in [-0.3, -0.25) is 29.1 Å². The molecule has 1 spiro atoms. The molecule has 1 saturated heterocycles. The van der Waals surface area contributed by atoms with E-state index in [1.165, 1.54) is 0 Å². The van der Waals surface area contributed by atoms with Gasteiger partial charge in [0.25, 0.3) is 5.91 Å². The number of aromatic nitrogens is 4. The van der Waals surface area contributed by atoms with Gasteiger partial charge in [-0.25, -0.2) is 4.79 Å². The fourth-order valence-corrected chi connectivity index (χ4v) is 7.32. The number of tetrazole rings is 1. The quantitative estimate of drug-likeness (QED) is 0.190. The van der Waals surface area contributed by atoms with Gasteiger partial charge < -0.3 is 23.7 Å². The molecule has 3 heterocycles. The molecular formula is C38H44N6O10. The fourth-order valence-electron chi connectivity index (χ4n) is 7.32. The zero-order valence-electron chi connectivity index (χ0n) is 30.9. The number of carbonyl (C=O) groups is 5. The summed E-state index contributed by atoms with van der Waals surface area (Å²) in [5.74, 6) is -2.20. The van der Waals surface area contributed by atoms with Crippen LogP contribution in [0.25, 0.3) is 22.5 Å². The molecule has 0 radical (unpaired) electrons. The van der Waals surface area contributed by atoms with Gasteiger partial charge in [0, 0.05) is 32.8 Å². The molecule has 1 aliphatic carbocycles. The minimum atomic E-state index is -1.62. The van der Waals surface area contributed by atoms with Crippen molar-refractivity contribution >= 4 is 35.6 Å². The highest BCUT2D eigenvalue weighted by molar-refractivity contribution is 6.08. The first-order chi connectivity index (χ1) is 25.9. The highest BCUT2D eigenvalue weighted by Gasteiger charge is 2.56. The largest absolute Gasteiger partial charge is 0.467 e. The van der Waals surface area contributed by atoms with Gasteiger partial charge in [0.2, 0.25) is 12.1 Å². The van der Waals surface area contributed by atoms with Crippen LogP contribution in [-0.2, 0) is 54.2 Å². The third-order valence-electron chi connectivity index (χ3n) is 9.76. The first-order valence-electron chi connectivity index (χ1n) is 18.1. The van der Waals surface area contributed by atoms with Gasteiger partial charge in [-0.2, -0.15) is 0 Å². The second-order valence-corrected chi connectivity index (χ2v) is 13.6. The molecule has 54 heavy (non-hydrogen) atoms. The van der Waals surface area contributed by atoms with Crippen LogP contribution in [0.1, 0.15) is 84.4 Å². The molecule has 2 aromatic carbocycles. The van der Waals surface area contributed by atoms with Crippen molar-refractivity contribution in [3.8, 4) is 22.5 Å². The number of amides is 1.